The molecule has 140 valence electrons. The van der Waals surface area contributed by atoms with E-state index in [2.05, 4.69) is 48.6 Å². The van der Waals surface area contributed by atoms with E-state index in [-0.39, 0.29) is 5.97 Å². The van der Waals surface area contributed by atoms with Crippen LogP contribution in [0.2, 0.25) is 0 Å². The molecular weight excluding hydrogens is 316 g/mol. The van der Waals surface area contributed by atoms with Gasteiger partial charge in [-0.25, -0.2) is 0 Å². The Morgan fingerprint density at radius 1 is 1.08 bits per heavy atom. The van der Waals surface area contributed by atoms with Crippen molar-refractivity contribution in [2.75, 3.05) is 0 Å². The van der Waals surface area contributed by atoms with Gasteiger partial charge >= 0.3 is 11.9 Å². The Bertz CT molecular complexity index is 482. The lowest BCUT2D eigenvalue weighted by Gasteiger charge is -2.11. The van der Waals surface area contributed by atoms with E-state index in [4.69, 9.17) is 5.11 Å². The van der Waals surface area contributed by atoms with Gasteiger partial charge in [0.15, 0.2) is 0 Å². The number of benzene rings is 1. The van der Waals surface area contributed by atoms with Crippen molar-refractivity contribution in [3.05, 3.63) is 48.7 Å². The van der Waals surface area contributed by atoms with Gasteiger partial charge in [0, 0.05) is 13.3 Å². The van der Waals surface area contributed by atoms with Gasteiger partial charge in [-0.2, -0.15) is 0 Å². The molecule has 1 aromatic rings. The summed E-state index contributed by atoms with van der Waals surface area (Å²) < 4.78 is 4.17. The fourth-order valence-electron chi connectivity index (χ4n) is 2.50. The largest absolute Gasteiger partial charge is 0.481 e. The van der Waals surface area contributed by atoms with Crippen molar-refractivity contribution in [2.45, 2.75) is 71.1 Å². The number of hydrogen-bond donors (Lipinski definition) is 1. The molecule has 0 heterocycles. The molecule has 0 saturated carbocycles. The van der Waals surface area contributed by atoms with Gasteiger partial charge in [-0.1, -0.05) is 75.9 Å². The van der Waals surface area contributed by atoms with Gasteiger partial charge in [0.2, 0.25) is 0 Å². The first kappa shape index (κ1) is 22.9. The molecule has 1 N–H and O–H groups in total. The Kier molecular flexibility index (Phi) is 14.1. The SMILES string of the molecule is C=COC(C)=O.CC(CCCCCCCCC(=O)O)c1ccccc1. The molecule has 0 aliphatic carbocycles. The van der Waals surface area contributed by atoms with Crippen LogP contribution in [0.5, 0.6) is 0 Å². The Labute approximate surface area is 151 Å². The van der Waals surface area contributed by atoms with Gasteiger partial charge in [-0.05, 0) is 24.3 Å². The molecule has 0 aliphatic rings. The molecule has 0 aliphatic heterocycles. The number of hydrogen-bond acceptors (Lipinski definition) is 3. The van der Waals surface area contributed by atoms with Crippen LogP contribution >= 0.6 is 0 Å². The average molecular weight is 348 g/mol. The first-order chi connectivity index (χ1) is 12.0. The number of carboxylic acid groups (broad SMARTS) is 1. The van der Waals surface area contributed by atoms with Crippen LogP contribution < -0.4 is 0 Å². The zero-order valence-corrected chi connectivity index (χ0v) is 15.6. The van der Waals surface area contributed by atoms with Crippen LogP contribution in [-0.4, -0.2) is 17.0 Å². The standard InChI is InChI=1S/C17H26O2.C4H6O2/c1-15(16-12-8-6-9-13-16)11-7-4-2-3-5-10-14-17(18)19;1-3-6-4(2)5/h6,8-9,12-13,15H,2-5,7,10-11,14H2,1H3,(H,18,19);3H,1H2,2H3. The quantitative estimate of drug-likeness (QED) is 0.317. The highest BCUT2D eigenvalue weighted by atomic mass is 16.5. The zero-order chi connectivity index (χ0) is 18.9. The average Bonchev–Trinajstić information content (AvgIpc) is 2.58. The zero-order valence-electron chi connectivity index (χ0n) is 15.6. The van der Waals surface area contributed by atoms with E-state index in [1.54, 1.807) is 0 Å². The van der Waals surface area contributed by atoms with E-state index in [9.17, 15) is 9.59 Å². The summed E-state index contributed by atoms with van der Waals surface area (Å²) in [6, 6.07) is 10.7. The molecule has 25 heavy (non-hydrogen) atoms. The third-order valence-electron chi connectivity index (χ3n) is 3.90. The summed E-state index contributed by atoms with van der Waals surface area (Å²) in [6.07, 6.45) is 9.51. The highest BCUT2D eigenvalue weighted by molar-refractivity contribution is 5.66. The van der Waals surface area contributed by atoms with Crippen molar-refractivity contribution in [1.82, 2.24) is 0 Å². The number of carboxylic acids is 1. The Hall–Kier alpha value is -2.10. The Balaban J connectivity index is 0.000000823. The van der Waals surface area contributed by atoms with E-state index >= 15 is 0 Å². The van der Waals surface area contributed by atoms with Crippen LogP contribution in [0.15, 0.2) is 43.2 Å². The maximum absolute atomic E-state index is 10.3. The van der Waals surface area contributed by atoms with Crippen LogP contribution in [0, 0.1) is 0 Å². The molecule has 1 aromatic carbocycles. The summed E-state index contributed by atoms with van der Waals surface area (Å²) >= 11 is 0. The predicted octanol–water partition coefficient (Wildman–Crippen LogP) is 5.69. The van der Waals surface area contributed by atoms with E-state index in [1.165, 1.54) is 44.6 Å². The molecule has 0 aromatic heterocycles. The molecule has 0 bridgehead atoms. The fourth-order valence-corrected chi connectivity index (χ4v) is 2.50. The molecule has 4 nitrogen and oxygen atoms in total. The lowest BCUT2D eigenvalue weighted by atomic mass is 9.95. The van der Waals surface area contributed by atoms with Gasteiger partial charge < -0.3 is 9.84 Å². The van der Waals surface area contributed by atoms with Crippen LogP contribution in [0.25, 0.3) is 0 Å². The number of esters is 1. The molecular formula is C21H32O4. The molecule has 0 saturated heterocycles. The monoisotopic (exact) mass is 348 g/mol. The smallest absolute Gasteiger partial charge is 0.307 e. The fraction of sp³-hybridized carbons (Fsp3) is 0.524. The van der Waals surface area contributed by atoms with Gasteiger partial charge in [-0.15, -0.1) is 0 Å². The summed E-state index contributed by atoms with van der Waals surface area (Å²) in [6.45, 7) is 6.77. The van der Waals surface area contributed by atoms with Gasteiger partial charge in [0.05, 0.1) is 6.26 Å². The van der Waals surface area contributed by atoms with Crippen LogP contribution in [0.4, 0.5) is 0 Å². The van der Waals surface area contributed by atoms with Crippen molar-refractivity contribution in [3.63, 3.8) is 0 Å². The highest BCUT2D eigenvalue weighted by Crippen LogP contribution is 2.21. The molecule has 1 unspecified atom stereocenters. The van der Waals surface area contributed by atoms with Gasteiger partial charge in [0.1, 0.15) is 0 Å². The molecule has 4 heteroatoms. The summed E-state index contributed by atoms with van der Waals surface area (Å²) in [5.41, 5.74) is 1.43. The van der Waals surface area contributed by atoms with Gasteiger partial charge in [-0.3, -0.25) is 9.59 Å². The number of aliphatic carboxylic acids is 1. The maximum Gasteiger partial charge on any atom is 0.307 e. The molecule has 0 radical (unpaired) electrons. The number of unbranched alkanes of at least 4 members (excludes halogenated alkanes) is 5. The number of carbonyl (C=O) groups excluding carboxylic acids is 1. The van der Waals surface area contributed by atoms with E-state index in [0.717, 1.165) is 19.1 Å². The number of ether oxygens (including phenoxy) is 1. The molecule has 0 fully saturated rings. The molecule has 0 amide bonds. The van der Waals surface area contributed by atoms with Crippen LogP contribution in [0.1, 0.15) is 76.7 Å². The minimum absolute atomic E-state index is 0.324. The minimum atomic E-state index is -0.670. The van der Waals surface area contributed by atoms with Crippen molar-refractivity contribution in [1.29, 1.82) is 0 Å². The van der Waals surface area contributed by atoms with E-state index in [1.807, 2.05) is 0 Å². The van der Waals surface area contributed by atoms with Gasteiger partial charge in [0.25, 0.3) is 0 Å². The second kappa shape index (κ2) is 15.4. The van der Waals surface area contributed by atoms with Crippen molar-refractivity contribution in [2.24, 2.45) is 0 Å². The first-order valence-electron chi connectivity index (χ1n) is 9.02. The minimum Gasteiger partial charge on any atom is -0.481 e. The summed E-state index contributed by atoms with van der Waals surface area (Å²) in [4.78, 5) is 20.1. The number of carbonyl (C=O) groups is 2. The van der Waals surface area contributed by atoms with Crippen molar-refractivity contribution < 1.29 is 19.4 Å². The number of rotatable bonds is 11. The summed E-state index contributed by atoms with van der Waals surface area (Å²) in [7, 11) is 0. The predicted molar refractivity (Wildman–Crippen MR) is 101 cm³/mol. The first-order valence-corrected chi connectivity index (χ1v) is 9.02. The highest BCUT2D eigenvalue weighted by Gasteiger charge is 2.04. The van der Waals surface area contributed by atoms with E-state index in [0.29, 0.717) is 12.3 Å². The normalized spacial score (nSPS) is 11.0. The summed E-state index contributed by atoms with van der Waals surface area (Å²) in [5.74, 6) is -0.352. The van der Waals surface area contributed by atoms with Crippen LogP contribution in [-0.2, 0) is 14.3 Å². The van der Waals surface area contributed by atoms with Crippen LogP contribution in [0.3, 0.4) is 0 Å². The molecule has 1 atom stereocenters. The summed E-state index contributed by atoms with van der Waals surface area (Å²) in [5, 5.41) is 8.52. The Morgan fingerprint density at radius 2 is 1.64 bits per heavy atom. The Morgan fingerprint density at radius 3 is 2.12 bits per heavy atom. The molecule has 1 rings (SSSR count). The lowest BCUT2D eigenvalue weighted by molar-refractivity contribution is -0.137. The second-order valence-electron chi connectivity index (χ2n) is 6.14. The van der Waals surface area contributed by atoms with Crippen molar-refractivity contribution >= 4 is 11.9 Å². The second-order valence-corrected chi connectivity index (χ2v) is 6.14. The third kappa shape index (κ3) is 15.2. The molecule has 0 spiro atoms. The maximum atomic E-state index is 10.3. The van der Waals surface area contributed by atoms with Crippen molar-refractivity contribution in [3.8, 4) is 0 Å². The third-order valence-corrected chi connectivity index (χ3v) is 3.90. The van der Waals surface area contributed by atoms with E-state index < -0.39 is 5.97 Å². The topological polar surface area (TPSA) is 63.6 Å². The lowest BCUT2D eigenvalue weighted by Crippen LogP contribution is -1.94.